The van der Waals surface area contributed by atoms with Gasteiger partial charge in [0, 0.05) is 0 Å². The molecular formula is C8F17O3S-. The average molecular weight is 499 g/mol. The van der Waals surface area contributed by atoms with Gasteiger partial charge in [-0.15, -0.1) is 0 Å². The molecule has 29 heavy (non-hydrogen) atoms. The summed E-state index contributed by atoms with van der Waals surface area (Å²) < 4.78 is 246. The van der Waals surface area contributed by atoms with Crippen LogP contribution in [0.3, 0.4) is 0 Å². The molecule has 0 amide bonds. The van der Waals surface area contributed by atoms with Crippen LogP contribution in [0.4, 0.5) is 74.6 Å². The number of hydrogen-bond donors (Lipinski definition) is 0. The van der Waals surface area contributed by atoms with Crippen molar-refractivity contribution in [2.45, 2.75) is 47.0 Å². The Labute approximate surface area is 146 Å². The average Bonchev–Trinajstić information content (AvgIpc) is 2.39. The van der Waals surface area contributed by atoms with Crippen LogP contribution in [0.25, 0.3) is 0 Å². The summed E-state index contributed by atoms with van der Waals surface area (Å²) in [6, 6.07) is 0. The minimum Gasteiger partial charge on any atom is -0.745 e. The molecule has 0 aromatic heterocycles. The van der Waals surface area contributed by atoms with Crippen molar-refractivity contribution < 1.29 is 87.6 Å². The summed E-state index contributed by atoms with van der Waals surface area (Å²) in [7, 11) is -8.68. The highest BCUT2D eigenvalue weighted by atomic mass is 32.2. The molecule has 3 nitrogen and oxygen atoms in total. The Balaban J connectivity index is 7.55. The van der Waals surface area contributed by atoms with Gasteiger partial charge in [0.1, 0.15) is 10.1 Å². The third-order valence-electron chi connectivity index (χ3n) is 3.12. The van der Waals surface area contributed by atoms with Crippen LogP contribution in [0.15, 0.2) is 0 Å². The van der Waals surface area contributed by atoms with Crippen LogP contribution in [0, 0.1) is 0 Å². The zero-order chi connectivity index (χ0) is 24.5. The van der Waals surface area contributed by atoms with Crippen molar-refractivity contribution >= 4 is 10.1 Å². The maximum atomic E-state index is 13.5. The van der Waals surface area contributed by atoms with E-state index in [1.165, 1.54) is 0 Å². The largest absolute Gasteiger partial charge is 0.745 e. The van der Waals surface area contributed by atoms with Gasteiger partial charge in [-0.3, -0.25) is 0 Å². The van der Waals surface area contributed by atoms with Crippen LogP contribution in [-0.4, -0.2) is 59.9 Å². The first-order valence-electron chi connectivity index (χ1n) is 5.67. The number of alkyl halides is 17. The molecule has 0 rings (SSSR count). The zero-order valence-corrected chi connectivity index (χ0v) is 12.9. The van der Waals surface area contributed by atoms with E-state index in [4.69, 9.17) is 0 Å². The van der Waals surface area contributed by atoms with Gasteiger partial charge in [-0.2, -0.15) is 65.9 Å². The van der Waals surface area contributed by atoms with Gasteiger partial charge in [-0.1, -0.05) is 0 Å². The molecule has 0 aliphatic rings. The van der Waals surface area contributed by atoms with Crippen molar-refractivity contribution in [2.24, 2.45) is 0 Å². The minimum absolute atomic E-state index is 8.18. The van der Waals surface area contributed by atoms with Crippen molar-refractivity contribution in [3.63, 3.8) is 0 Å². The van der Waals surface area contributed by atoms with Crippen LogP contribution in [0.5, 0.6) is 0 Å². The van der Waals surface area contributed by atoms with Gasteiger partial charge >= 0.3 is 47.0 Å². The van der Waals surface area contributed by atoms with Crippen molar-refractivity contribution in [2.75, 3.05) is 0 Å². The Morgan fingerprint density at radius 2 is 0.759 bits per heavy atom. The van der Waals surface area contributed by atoms with Crippen molar-refractivity contribution in [3.05, 3.63) is 0 Å². The Morgan fingerprint density at radius 3 is 0.931 bits per heavy atom. The molecule has 21 heteroatoms. The van der Waals surface area contributed by atoms with Crippen molar-refractivity contribution in [1.82, 2.24) is 0 Å². The lowest BCUT2D eigenvalue weighted by Gasteiger charge is -2.46. The summed E-state index contributed by atoms with van der Waals surface area (Å²) in [5.41, 5.74) is -9.10. The van der Waals surface area contributed by atoms with E-state index < -0.39 is 57.1 Å². The van der Waals surface area contributed by atoms with Gasteiger partial charge < -0.3 is 4.55 Å². The molecule has 0 fully saturated rings. The maximum absolute atomic E-state index is 13.5. The van der Waals surface area contributed by atoms with E-state index in [-0.39, 0.29) is 0 Å². The number of halogens is 17. The first kappa shape index (κ1) is 27.7. The molecule has 0 heterocycles. The van der Waals surface area contributed by atoms with Gasteiger partial charge in [0.2, 0.25) is 0 Å². The van der Waals surface area contributed by atoms with E-state index in [1.54, 1.807) is 0 Å². The standard InChI is InChI=1S/C8HF17O3S/c9-1(6(17,18)19,3(12,13)7(20,21)22)2(10,11)4(14,15)5(16,8(23,24)25)29(26,27)28/h(H,26,27,28)/p-1. The van der Waals surface area contributed by atoms with Crippen LogP contribution in [-0.2, 0) is 10.1 Å². The molecule has 0 aromatic carbocycles. The second kappa shape index (κ2) is 6.36. The lowest BCUT2D eigenvalue weighted by molar-refractivity contribution is -0.457. The lowest BCUT2D eigenvalue weighted by Crippen LogP contribution is -2.79. The molecule has 0 aliphatic carbocycles. The van der Waals surface area contributed by atoms with Crippen molar-refractivity contribution in [3.8, 4) is 0 Å². The SMILES string of the molecule is O=S(=O)([O-])C(F)(C(F)(F)F)C(F)(F)C(F)(F)C(F)(C(F)(F)F)C(F)(F)C(F)(F)F. The predicted octanol–water partition coefficient (Wildman–Crippen LogP) is 4.50. The summed E-state index contributed by atoms with van der Waals surface area (Å²) in [6.45, 7) is 0. The molecule has 2 atom stereocenters. The van der Waals surface area contributed by atoms with Gasteiger partial charge in [-0.05, 0) is 0 Å². The third-order valence-corrected chi connectivity index (χ3v) is 4.30. The molecule has 176 valence electrons. The normalized spacial score (nSPS) is 20.2. The van der Waals surface area contributed by atoms with E-state index in [0.29, 0.717) is 0 Å². The first-order chi connectivity index (χ1) is 12.0. The van der Waals surface area contributed by atoms with Gasteiger partial charge in [-0.25, -0.2) is 17.2 Å². The smallest absolute Gasteiger partial charge is 0.457 e. The molecule has 0 saturated carbocycles. The number of hydrogen-bond acceptors (Lipinski definition) is 3. The van der Waals surface area contributed by atoms with Crippen LogP contribution >= 0.6 is 0 Å². The molecule has 0 radical (unpaired) electrons. The minimum atomic E-state index is -9.20. The fraction of sp³-hybridized carbons (Fsp3) is 1.00. The maximum Gasteiger partial charge on any atom is 0.457 e. The van der Waals surface area contributed by atoms with E-state index in [0.717, 1.165) is 0 Å². The van der Waals surface area contributed by atoms with E-state index in [2.05, 4.69) is 0 Å². The summed E-state index contributed by atoms with van der Waals surface area (Å²) in [5, 5.41) is -8.49. The third kappa shape index (κ3) is 3.26. The van der Waals surface area contributed by atoms with E-state index in [1.807, 2.05) is 0 Å². The monoisotopic (exact) mass is 499 g/mol. The molecule has 0 aromatic rings. The van der Waals surface area contributed by atoms with Gasteiger partial charge in [0.25, 0.3) is 0 Å². The van der Waals surface area contributed by atoms with Crippen LogP contribution in [0.2, 0.25) is 0 Å². The van der Waals surface area contributed by atoms with Crippen LogP contribution < -0.4 is 0 Å². The Hall–Kier alpha value is -1.28. The lowest BCUT2D eigenvalue weighted by atomic mass is 9.83. The molecule has 0 spiro atoms. The van der Waals surface area contributed by atoms with Gasteiger partial charge in [0.15, 0.2) is 0 Å². The second-order valence-corrected chi connectivity index (χ2v) is 6.40. The van der Waals surface area contributed by atoms with E-state index >= 15 is 0 Å². The zero-order valence-electron chi connectivity index (χ0n) is 12.1. The Morgan fingerprint density at radius 1 is 0.448 bits per heavy atom. The second-order valence-electron chi connectivity index (χ2n) is 4.92. The highest BCUT2D eigenvalue weighted by Crippen LogP contribution is 2.66. The molecular weight excluding hydrogens is 499 g/mol. The predicted molar refractivity (Wildman–Crippen MR) is 50.4 cm³/mol. The van der Waals surface area contributed by atoms with Gasteiger partial charge in [0.05, 0.1) is 0 Å². The summed E-state index contributed by atoms with van der Waals surface area (Å²) >= 11 is 0. The topological polar surface area (TPSA) is 57.2 Å². The molecule has 0 aliphatic heterocycles. The molecule has 2 unspecified atom stereocenters. The highest BCUT2D eigenvalue weighted by Gasteiger charge is 2.98. The summed E-state index contributed by atoms with van der Waals surface area (Å²) in [4.78, 5) is 0. The summed E-state index contributed by atoms with van der Waals surface area (Å²) in [5.74, 6) is -26.9. The van der Waals surface area contributed by atoms with Crippen molar-refractivity contribution in [1.29, 1.82) is 0 Å². The molecule has 0 saturated heterocycles. The highest BCUT2D eigenvalue weighted by molar-refractivity contribution is 7.87. The number of rotatable bonds is 5. The van der Waals surface area contributed by atoms with Crippen LogP contribution in [0.1, 0.15) is 0 Å². The molecule has 0 bridgehead atoms. The quantitative estimate of drug-likeness (QED) is 0.414. The first-order valence-corrected chi connectivity index (χ1v) is 7.08. The summed E-state index contributed by atoms with van der Waals surface area (Å²) in [6.07, 6.45) is -24.9. The van der Waals surface area contributed by atoms with E-state index in [9.17, 15) is 87.6 Å². The fourth-order valence-corrected chi connectivity index (χ4v) is 2.37. The Kier molecular flexibility index (Phi) is 6.08. The fourth-order valence-electron chi connectivity index (χ4n) is 1.64. The molecule has 0 N–H and O–H groups in total. The Bertz CT molecular complexity index is 729.